The highest BCUT2D eigenvalue weighted by molar-refractivity contribution is 5.17. The van der Waals surface area contributed by atoms with Crippen LogP contribution < -0.4 is 5.73 Å². The summed E-state index contributed by atoms with van der Waals surface area (Å²) >= 11 is 0. The number of hydrogen-bond acceptors (Lipinski definition) is 2. The summed E-state index contributed by atoms with van der Waals surface area (Å²) in [5.74, 6) is 0. The predicted molar refractivity (Wildman–Crippen MR) is 78.7 cm³/mol. The zero-order chi connectivity index (χ0) is 13.4. The minimum absolute atomic E-state index is 0.0746. The Kier molecular flexibility index (Phi) is 6.95. The Morgan fingerprint density at radius 1 is 1.17 bits per heavy atom. The molecule has 106 valence electrons. The second-order valence-corrected chi connectivity index (χ2v) is 5.41. The van der Waals surface area contributed by atoms with Crippen molar-refractivity contribution in [2.75, 3.05) is 6.61 Å². The third-order valence-electron chi connectivity index (χ3n) is 4.42. The largest absolute Gasteiger partial charge is 0.373 e. The molecule has 18 heavy (non-hydrogen) atoms. The smallest absolute Gasteiger partial charge is 0.0865 e. The molecule has 1 unspecified atom stereocenters. The first kappa shape index (κ1) is 15.7. The number of allylic oxidation sites excluding steroid dienone is 1. The van der Waals surface area contributed by atoms with Crippen molar-refractivity contribution in [2.45, 2.75) is 83.8 Å². The number of nitrogens with two attached hydrogens (primary N) is 1. The summed E-state index contributed by atoms with van der Waals surface area (Å²) in [6, 6.07) is 0.0746. The first-order valence-electron chi connectivity index (χ1n) is 7.78. The normalized spacial score (nSPS) is 19.9. The van der Waals surface area contributed by atoms with Crippen molar-refractivity contribution in [2.24, 2.45) is 5.73 Å². The van der Waals surface area contributed by atoms with Crippen molar-refractivity contribution >= 4 is 0 Å². The molecule has 0 bridgehead atoms. The van der Waals surface area contributed by atoms with Gasteiger partial charge in [0.2, 0.25) is 0 Å². The van der Waals surface area contributed by atoms with Gasteiger partial charge in [0.25, 0.3) is 0 Å². The van der Waals surface area contributed by atoms with Crippen molar-refractivity contribution in [3.63, 3.8) is 0 Å². The van der Waals surface area contributed by atoms with Crippen LogP contribution in [0.1, 0.15) is 72.1 Å². The Hall–Kier alpha value is -0.340. The maximum atomic E-state index is 6.56. The highest BCUT2D eigenvalue weighted by Crippen LogP contribution is 2.31. The molecule has 0 heterocycles. The molecule has 0 fully saturated rings. The first-order chi connectivity index (χ1) is 8.70. The maximum absolute atomic E-state index is 6.56. The lowest BCUT2D eigenvalue weighted by Gasteiger charge is -2.39. The first-order valence-corrected chi connectivity index (χ1v) is 7.78. The second-order valence-electron chi connectivity index (χ2n) is 5.41. The monoisotopic (exact) mass is 253 g/mol. The molecule has 0 saturated carbocycles. The molecular formula is C16H31NO. The number of ether oxygens (including phenoxy) is 1. The second kappa shape index (κ2) is 7.96. The van der Waals surface area contributed by atoms with Crippen LogP contribution in [0, 0.1) is 0 Å². The molecule has 1 aliphatic carbocycles. The van der Waals surface area contributed by atoms with Crippen LogP contribution in [0.15, 0.2) is 11.6 Å². The lowest BCUT2D eigenvalue weighted by molar-refractivity contribution is -0.0565. The minimum Gasteiger partial charge on any atom is -0.373 e. The van der Waals surface area contributed by atoms with Gasteiger partial charge in [-0.2, -0.15) is 0 Å². The standard InChI is InChI=1S/C16H31NO/c1-4-16(5-2,18-6-3)15(17)14-12-10-8-7-9-11-13-14/h12,15H,4-11,13,17H2,1-3H3. The molecule has 2 N–H and O–H groups in total. The van der Waals surface area contributed by atoms with Crippen LogP contribution in [0.5, 0.6) is 0 Å². The van der Waals surface area contributed by atoms with Crippen LogP contribution in [0.4, 0.5) is 0 Å². The summed E-state index contributed by atoms with van der Waals surface area (Å²) in [7, 11) is 0. The van der Waals surface area contributed by atoms with Crippen LogP contribution in [-0.4, -0.2) is 18.2 Å². The minimum atomic E-state index is -0.153. The Balaban J connectivity index is 2.82. The molecule has 1 aliphatic rings. The predicted octanol–water partition coefficient (Wildman–Crippen LogP) is 4.19. The molecule has 0 aliphatic heterocycles. The fraction of sp³-hybridized carbons (Fsp3) is 0.875. The molecule has 0 aromatic rings. The molecule has 0 aromatic heterocycles. The van der Waals surface area contributed by atoms with Gasteiger partial charge in [0.05, 0.1) is 11.6 Å². The van der Waals surface area contributed by atoms with Gasteiger partial charge in [-0.3, -0.25) is 0 Å². The van der Waals surface area contributed by atoms with Gasteiger partial charge in [-0.05, 0) is 45.4 Å². The van der Waals surface area contributed by atoms with Crippen molar-refractivity contribution in [1.82, 2.24) is 0 Å². The van der Waals surface area contributed by atoms with E-state index in [0.717, 1.165) is 25.9 Å². The van der Waals surface area contributed by atoms with E-state index in [9.17, 15) is 0 Å². The van der Waals surface area contributed by atoms with E-state index >= 15 is 0 Å². The van der Waals surface area contributed by atoms with Crippen molar-refractivity contribution in [1.29, 1.82) is 0 Å². The lowest BCUT2D eigenvalue weighted by atomic mass is 9.81. The Bertz CT molecular complexity index is 256. The van der Waals surface area contributed by atoms with Gasteiger partial charge in [-0.1, -0.05) is 38.3 Å². The van der Waals surface area contributed by atoms with Crippen LogP contribution in [0.25, 0.3) is 0 Å². The van der Waals surface area contributed by atoms with Gasteiger partial charge in [0.15, 0.2) is 0 Å². The average molecular weight is 253 g/mol. The zero-order valence-electron chi connectivity index (χ0n) is 12.5. The van der Waals surface area contributed by atoms with Gasteiger partial charge in [0.1, 0.15) is 0 Å². The Labute approximate surface area is 113 Å². The quantitative estimate of drug-likeness (QED) is 0.720. The SMILES string of the molecule is CCOC(CC)(CC)C(N)C1=CCCCCCC1. The molecule has 0 radical (unpaired) electrons. The van der Waals surface area contributed by atoms with Gasteiger partial charge in [0, 0.05) is 6.61 Å². The third-order valence-corrected chi connectivity index (χ3v) is 4.42. The van der Waals surface area contributed by atoms with Crippen LogP contribution >= 0.6 is 0 Å². The highest BCUT2D eigenvalue weighted by atomic mass is 16.5. The van der Waals surface area contributed by atoms with Crippen molar-refractivity contribution in [3.8, 4) is 0 Å². The van der Waals surface area contributed by atoms with E-state index in [2.05, 4.69) is 26.8 Å². The Morgan fingerprint density at radius 2 is 1.83 bits per heavy atom. The molecular weight excluding hydrogens is 222 g/mol. The molecule has 0 spiro atoms. The molecule has 2 nitrogen and oxygen atoms in total. The topological polar surface area (TPSA) is 35.2 Å². The summed E-state index contributed by atoms with van der Waals surface area (Å²) in [6.45, 7) is 7.22. The fourth-order valence-electron chi connectivity index (χ4n) is 3.11. The Morgan fingerprint density at radius 3 is 2.44 bits per heavy atom. The van der Waals surface area contributed by atoms with Gasteiger partial charge < -0.3 is 10.5 Å². The number of rotatable bonds is 6. The zero-order valence-corrected chi connectivity index (χ0v) is 12.5. The van der Waals surface area contributed by atoms with E-state index in [0.29, 0.717) is 0 Å². The van der Waals surface area contributed by atoms with E-state index in [1.165, 1.54) is 37.7 Å². The lowest BCUT2D eigenvalue weighted by Crippen LogP contribution is -2.50. The van der Waals surface area contributed by atoms with Crippen molar-refractivity contribution < 1.29 is 4.74 Å². The summed E-state index contributed by atoms with van der Waals surface area (Å²) in [6.07, 6.45) is 12.1. The molecule has 0 amide bonds. The summed E-state index contributed by atoms with van der Waals surface area (Å²) in [5, 5.41) is 0. The van der Waals surface area contributed by atoms with Gasteiger partial charge in [-0.25, -0.2) is 0 Å². The van der Waals surface area contributed by atoms with E-state index in [4.69, 9.17) is 10.5 Å². The van der Waals surface area contributed by atoms with Crippen molar-refractivity contribution in [3.05, 3.63) is 11.6 Å². The summed E-state index contributed by atoms with van der Waals surface area (Å²) in [5.41, 5.74) is 7.85. The van der Waals surface area contributed by atoms with E-state index in [1.807, 2.05) is 0 Å². The maximum Gasteiger partial charge on any atom is 0.0865 e. The van der Waals surface area contributed by atoms with Crippen LogP contribution in [-0.2, 0) is 4.74 Å². The molecule has 2 heteroatoms. The van der Waals surface area contributed by atoms with Gasteiger partial charge >= 0.3 is 0 Å². The number of hydrogen-bond donors (Lipinski definition) is 1. The average Bonchev–Trinajstić information content (AvgIpc) is 2.35. The summed E-state index contributed by atoms with van der Waals surface area (Å²) < 4.78 is 6.05. The van der Waals surface area contributed by atoms with E-state index in [-0.39, 0.29) is 11.6 Å². The van der Waals surface area contributed by atoms with E-state index < -0.39 is 0 Å². The van der Waals surface area contributed by atoms with Crippen LogP contribution in [0.3, 0.4) is 0 Å². The molecule has 1 atom stereocenters. The van der Waals surface area contributed by atoms with Crippen LogP contribution in [0.2, 0.25) is 0 Å². The molecule has 0 saturated heterocycles. The van der Waals surface area contributed by atoms with Gasteiger partial charge in [-0.15, -0.1) is 0 Å². The fourth-order valence-corrected chi connectivity index (χ4v) is 3.11. The summed E-state index contributed by atoms with van der Waals surface area (Å²) in [4.78, 5) is 0. The molecule has 0 aromatic carbocycles. The van der Waals surface area contributed by atoms with E-state index in [1.54, 1.807) is 0 Å². The highest BCUT2D eigenvalue weighted by Gasteiger charge is 2.35. The molecule has 1 rings (SSSR count). The third kappa shape index (κ3) is 3.83.